The van der Waals surface area contributed by atoms with Crippen LogP contribution in [0.5, 0.6) is 0 Å². The fourth-order valence-corrected chi connectivity index (χ4v) is 5.42. The van der Waals surface area contributed by atoms with E-state index in [9.17, 15) is 9.18 Å². The van der Waals surface area contributed by atoms with E-state index < -0.39 is 0 Å². The van der Waals surface area contributed by atoms with Crippen LogP contribution in [-0.4, -0.2) is 45.9 Å². The average molecular weight is 326 g/mol. The van der Waals surface area contributed by atoms with Crippen molar-refractivity contribution >= 4 is 29.4 Å². The van der Waals surface area contributed by atoms with Gasteiger partial charge in [-0.25, -0.2) is 4.39 Å². The summed E-state index contributed by atoms with van der Waals surface area (Å²) < 4.78 is 13.1. The summed E-state index contributed by atoms with van der Waals surface area (Å²) in [7, 11) is 0. The van der Waals surface area contributed by atoms with E-state index in [0.29, 0.717) is 5.25 Å². The van der Waals surface area contributed by atoms with Crippen molar-refractivity contribution in [3.05, 3.63) is 35.6 Å². The summed E-state index contributed by atoms with van der Waals surface area (Å²) >= 11 is 3.91. The highest BCUT2D eigenvalue weighted by molar-refractivity contribution is 8.06. The lowest BCUT2D eigenvalue weighted by molar-refractivity contribution is -0.129. The first-order valence-electron chi connectivity index (χ1n) is 7.16. The van der Waals surface area contributed by atoms with Crippen molar-refractivity contribution in [2.75, 3.05) is 23.8 Å². The van der Waals surface area contributed by atoms with Crippen LogP contribution < -0.4 is 5.32 Å². The van der Waals surface area contributed by atoms with Gasteiger partial charge < -0.3 is 4.90 Å². The number of amides is 1. The number of benzene rings is 1. The molecule has 3 rings (SSSR count). The molecule has 1 aromatic rings. The molecule has 0 spiro atoms. The van der Waals surface area contributed by atoms with E-state index in [1.54, 1.807) is 12.1 Å². The lowest BCUT2D eigenvalue weighted by Crippen LogP contribution is -2.38. The van der Waals surface area contributed by atoms with Crippen LogP contribution in [0.2, 0.25) is 0 Å². The van der Waals surface area contributed by atoms with Crippen LogP contribution in [0.1, 0.15) is 18.7 Å². The second-order valence-electron chi connectivity index (χ2n) is 5.40. The third-order valence-corrected chi connectivity index (χ3v) is 6.67. The summed E-state index contributed by atoms with van der Waals surface area (Å²) in [4.78, 5) is 14.3. The molecule has 1 N–H and O–H groups in total. The molecular formula is C15H19FN2OS2. The van der Waals surface area contributed by atoms with Gasteiger partial charge in [-0.1, -0.05) is 12.1 Å². The number of nitrogens with one attached hydrogen (secondary N) is 1. The molecule has 1 aromatic carbocycles. The normalized spacial score (nSPS) is 29.9. The topological polar surface area (TPSA) is 32.3 Å². The summed E-state index contributed by atoms with van der Waals surface area (Å²) in [5, 5.41) is 3.81. The first-order chi connectivity index (χ1) is 10.1. The maximum absolute atomic E-state index is 13.1. The largest absolute Gasteiger partial charge is 0.320 e. The number of thioether (sulfide) groups is 2. The second kappa shape index (κ2) is 6.58. The maximum atomic E-state index is 13.1. The van der Waals surface area contributed by atoms with Gasteiger partial charge in [-0.05, 0) is 24.6 Å². The molecule has 1 amide bonds. The molecule has 0 aliphatic carbocycles. The minimum Gasteiger partial charge on any atom is -0.320 e. The number of rotatable bonds is 3. The van der Waals surface area contributed by atoms with Crippen molar-refractivity contribution in [2.45, 2.75) is 24.4 Å². The standard InChI is InChI=1S/C15H19FN2OS2/c1-10-15(19)18(8-13-9-20-6-7-21-13)14(17-10)11-2-4-12(16)5-3-11/h2-5,10,13-14,17H,6-9H2,1H3. The summed E-state index contributed by atoms with van der Waals surface area (Å²) in [6.45, 7) is 2.65. The first-order valence-corrected chi connectivity index (χ1v) is 9.37. The Kier molecular flexibility index (Phi) is 4.76. The predicted molar refractivity (Wildman–Crippen MR) is 87.0 cm³/mol. The van der Waals surface area contributed by atoms with Gasteiger partial charge in [0.2, 0.25) is 5.91 Å². The predicted octanol–water partition coefficient (Wildman–Crippen LogP) is 2.49. The Hall–Kier alpha value is -0.720. The Bertz CT molecular complexity index is 505. The molecular weight excluding hydrogens is 307 g/mol. The van der Waals surface area contributed by atoms with Crippen molar-refractivity contribution < 1.29 is 9.18 Å². The molecule has 3 atom stereocenters. The highest BCUT2D eigenvalue weighted by Crippen LogP contribution is 2.30. The van der Waals surface area contributed by atoms with Crippen molar-refractivity contribution in [3.8, 4) is 0 Å². The minimum atomic E-state index is -0.248. The number of halogens is 1. The zero-order chi connectivity index (χ0) is 14.8. The lowest BCUT2D eigenvalue weighted by atomic mass is 10.1. The molecule has 2 heterocycles. The number of carbonyl (C=O) groups is 1. The summed E-state index contributed by atoms with van der Waals surface area (Å²) in [6.07, 6.45) is -0.138. The fraction of sp³-hybridized carbons (Fsp3) is 0.533. The van der Waals surface area contributed by atoms with E-state index >= 15 is 0 Å². The summed E-state index contributed by atoms with van der Waals surface area (Å²) in [6, 6.07) is 6.24. The Balaban J connectivity index is 1.77. The molecule has 2 aliphatic rings. The number of hydrogen-bond donors (Lipinski definition) is 1. The van der Waals surface area contributed by atoms with Crippen molar-refractivity contribution in [3.63, 3.8) is 0 Å². The van der Waals surface area contributed by atoms with E-state index in [0.717, 1.165) is 23.6 Å². The van der Waals surface area contributed by atoms with Crippen LogP contribution in [0.15, 0.2) is 24.3 Å². The second-order valence-corrected chi connectivity index (χ2v) is 7.96. The molecule has 3 nitrogen and oxygen atoms in total. The smallest absolute Gasteiger partial charge is 0.241 e. The number of hydrogen-bond acceptors (Lipinski definition) is 4. The third-order valence-electron chi connectivity index (χ3n) is 3.84. The Morgan fingerprint density at radius 1 is 1.33 bits per heavy atom. The number of nitrogens with zero attached hydrogens (tertiary/aromatic N) is 1. The van der Waals surface area contributed by atoms with Crippen LogP contribution in [-0.2, 0) is 4.79 Å². The molecule has 6 heteroatoms. The van der Waals surface area contributed by atoms with Gasteiger partial charge in [0, 0.05) is 29.1 Å². The molecule has 0 radical (unpaired) electrons. The molecule has 114 valence electrons. The first kappa shape index (κ1) is 15.2. The van der Waals surface area contributed by atoms with E-state index in [2.05, 4.69) is 5.32 Å². The van der Waals surface area contributed by atoms with Gasteiger partial charge in [0.05, 0.1) is 6.04 Å². The van der Waals surface area contributed by atoms with Gasteiger partial charge in [-0.2, -0.15) is 23.5 Å². The van der Waals surface area contributed by atoms with E-state index in [1.807, 2.05) is 35.3 Å². The van der Waals surface area contributed by atoms with Gasteiger partial charge in [0.15, 0.2) is 0 Å². The van der Waals surface area contributed by atoms with Crippen LogP contribution in [0.4, 0.5) is 4.39 Å². The molecule has 3 unspecified atom stereocenters. The Morgan fingerprint density at radius 2 is 2.10 bits per heavy atom. The third kappa shape index (κ3) is 3.38. The minimum absolute atomic E-state index is 0.138. The van der Waals surface area contributed by atoms with Crippen LogP contribution in [0, 0.1) is 5.82 Å². The average Bonchev–Trinajstić information content (AvgIpc) is 2.78. The maximum Gasteiger partial charge on any atom is 0.241 e. The highest BCUT2D eigenvalue weighted by Gasteiger charge is 2.38. The lowest BCUT2D eigenvalue weighted by Gasteiger charge is -2.30. The monoisotopic (exact) mass is 326 g/mol. The van der Waals surface area contributed by atoms with E-state index in [4.69, 9.17) is 0 Å². The molecule has 0 aromatic heterocycles. The van der Waals surface area contributed by atoms with Crippen LogP contribution in [0.3, 0.4) is 0 Å². The zero-order valence-corrected chi connectivity index (χ0v) is 13.6. The molecule has 0 bridgehead atoms. The van der Waals surface area contributed by atoms with E-state index in [1.165, 1.54) is 17.9 Å². The SMILES string of the molecule is CC1NC(c2ccc(F)cc2)N(CC2CSCCS2)C1=O. The quantitative estimate of drug-likeness (QED) is 0.925. The van der Waals surface area contributed by atoms with Crippen molar-refractivity contribution in [2.24, 2.45) is 0 Å². The highest BCUT2D eigenvalue weighted by atomic mass is 32.2. The Morgan fingerprint density at radius 3 is 2.76 bits per heavy atom. The van der Waals surface area contributed by atoms with Gasteiger partial charge in [-0.15, -0.1) is 0 Å². The summed E-state index contributed by atoms with van der Waals surface area (Å²) in [5.74, 6) is 3.34. The van der Waals surface area contributed by atoms with Gasteiger partial charge >= 0.3 is 0 Å². The zero-order valence-electron chi connectivity index (χ0n) is 11.9. The molecule has 2 aliphatic heterocycles. The van der Waals surface area contributed by atoms with Crippen molar-refractivity contribution in [1.29, 1.82) is 0 Å². The van der Waals surface area contributed by atoms with Crippen molar-refractivity contribution in [1.82, 2.24) is 10.2 Å². The molecule has 2 fully saturated rings. The fourth-order valence-electron chi connectivity index (χ4n) is 2.75. The van der Waals surface area contributed by atoms with Crippen LogP contribution >= 0.6 is 23.5 Å². The molecule has 2 saturated heterocycles. The van der Waals surface area contributed by atoms with Gasteiger partial charge in [-0.3, -0.25) is 10.1 Å². The molecule has 0 saturated carbocycles. The van der Waals surface area contributed by atoms with E-state index in [-0.39, 0.29) is 23.9 Å². The van der Waals surface area contributed by atoms with Gasteiger partial charge in [0.1, 0.15) is 12.0 Å². The summed E-state index contributed by atoms with van der Waals surface area (Å²) in [5.41, 5.74) is 0.947. The van der Waals surface area contributed by atoms with Gasteiger partial charge in [0.25, 0.3) is 0 Å². The van der Waals surface area contributed by atoms with Crippen LogP contribution in [0.25, 0.3) is 0 Å². The molecule has 21 heavy (non-hydrogen) atoms. The Labute approximate surface area is 133 Å². The number of carbonyl (C=O) groups excluding carboxylic acids is 1.